The van der Waals surface area contributed by atoms with Gasteiger partial charge in [-0.1, -0.05) is 13.3 Å². The predicted octanol–water partition coefficient (Wildman–Crippen LogP) is 3.16. The van der Waals surface area contributed by atoms with Crippen molar-refractivity contribution in [2.24, 2.45) is 5.92 Å². The zero-order chi connectivity index (χ0) is 19.2. The molecule has 0 bridgehead atoms. The van der Waals surface area contributed by atoms with E-state index in [0.717, 1.165) is 64.1 Å². The van der Waals surface area contributed by atoms with E-state index < -0.39 is 0 Å². The van der Waals surface area contributed by atoms with Gasteiger partial charge in [-0.3, -0.25) is 9.59 Å². The molecule has 3 rings (SSSR count). The Labute approximate surface area is 162 Å². The minimum absolute atomic E-state index is 0.0614. The molecule has 6 nitrogen and oxygen atoms in total. The van der Waals surface area contributed by atoms with E-state index in [1.165, 1.54) is 0 Å². The number of hydrogen-bond acceptors (Lipinski definition) is 4. The molecule has 148 valence electrons. The summed E-state index contributed by atoms with van der Waals surface area (Å²) < 4.78 is 0. The van der Waals surface area contributed by atoms with Crippen molar-refractivity contribution in [2.45, 2.75) is 58.4 Å². The Morgan fingerprint density at radius 1 is 1.30 bits per heavy atom. The second kappa shape index (κ2) is 9.20. The van der Waals surface area contributed by atoms with Crippen molar-refractivity contribution in [2.75, 3.05) is 31.5 Å². The zero-order valence-electron chi connectivity index (χ0n) is 16.6. The SMILES string of the molecule is CCC[C@@H](C)Nc1ccc(C(=O)N2CCC(CN3CCCC3=O)CC2)cn1. The third-order valence-corrected chi connectivity index (χ3v) is 5.68. The van der Waals surface area contributed by atoms with Crippen molar-refractivity contribution in [1.82, 2.24) is 14.8 Å². The highest BCUT2D eigenvalue weighted by atomic mass is 16.2. The fourth-order valence-electron chi connectivity index (χ4n) is 4.07. The van der Waals surface area contributed by atoms with Crippen molar-refractivity contribution in [3.63, 3.8) is 0 Å². The molecule has 2 fully saturated rings. The normalized spacial score (nSPS) is 19.4. The Hall–Kier alpha value is -2.11. The van der Waals surface area contributed by atoms with Gasteiger partial charge >= 0.3 is 0 Å². The second-order valence-electron chi connectivity index (χ2n) is 7.95. The molecule has 27 heavy (non-hydrogen) atoms. The molecule has 0 unspecified atom stereocenters. The molecule has 2 aliphatic rings. The third-order valence-electron chi connectivity index (χ3n) is 5.68. The molecule has 0 saturated carbocycles. The number of nitrogens with one attached hydrogen (secondary N) is 1. The zero-order valence-corrected chi connectivity index (χ0v) is 16.6. The molecule has 2 saturated heterocycles. The lowest BCUT2D eigenvalue weighted by Crippen LogP contribution is -2.41. The summed E-state index contributed by atoms with van der Waals surface area (Å²) in [6.07, 6.45) is 7.54. The smallest absolute Gasteiger partial charge is 0.255 e. The van der Waals surface area contributed by atoms with Gasteiger partial charge in [0.1, 0.15) is 5.82 Å². The number of amides is 2. The number of carbonyl (C=O) groups is 2. The molecule has 1 atom stereocenters. The summed E-state index contributed by atoms with van der Waals surface area (Å²) in [5, 5.41) is 3.36. The fourth-order valence-corrected chi connectivity index (χ4v) is 4.07. The van der Waals surface area contributed by atoms with Gasteiger partial charge in [0.2, 0.25) is 5.91 Å². The van der Waals surface area contributed by atoms with Crippen LogP contribution in [0.3, 0.4) is 0 Å². The topological polar surface area (TPSA) is 65.5 Å². The van der Waals surface area contributed by atoms with E-state index in [4.69, 9.17) is 0 Å². The maximum absolute atomic E-state index is 12.7. The number of hydrogen-bond donors (Lipinski definition) is 1. The summed E-state index contributed by atoms with van der Waals surface area (Å²) >= 11 is 0. The van der Waals surface area contributed by atoms with E-state index in [2.05, 4.69) is 24.1 Å². The van der Waals surface area contributed by atoms with Crippen molar-refractivity contribution >= 4 is 17.6 Å². The molecule has 2 amide bonds. The first-order valence-corrected chi connectivity index (χ1v) is 10.4. The van der Waals surface area contributed by atoms with Gasteiger partial charge in [0.25, 0.3) is 5.91 Å². The maximum atomic E-state index is 12.7. The summed E-state index contributed by atoms with van der Waals surface area (Å²) in [4.78, 5) is 32.9. The van der Waals surface area contributed by atoms with Crippen molar-refractivity contribution < 1.29 is 9.59 Å². The average Bonchev–Trinajstić information content (AvgIpc) is 3.07. The van der Waals surface area contributed by atoms with E-state index >= 15 is 0 Å². The van der Waals surface area contributed by atoms with Crippen molar-refractivity contribution in [1.29, 1.82) is 0 Å². The maximum Gasteiger partial charge on any atom is 0.255 e. The number of piperidine rings is 1. The fraction of sp³-hybridized carbons (Fsp3) is 0.667. The first-order valence-electron chi connectivity index (χ1n) is 10.4. The third kappa shape index (κ3) is 5.21. The molecule has 2 aliphatic heterocycles. The molecular weight excluding hydrogens is 340 g/mol. The Kier molecular flexibility index (Phi) is 6.69. The quantitative estimate of drug-likeness (QED) is 0.798. The lowest BCUT2D eigenvalue weighted by Gasteiger charge is -2.34. The lowest BCUT2D eigenvalue weighted by molar-refractivity contribution is -0.128. The largest absolute Gasteiger partial charge is 0.368 e. The molecule has 1 N–H and O–H groups in total. The molecular formula is C21H32N4O2. The molecule has 0 spiro atoms. The molecule has 0 aliphatic carbocycles. The highest BCUT2D eigenvalue weighted by Crippen LogP contribution is 2.22. The van der Waals surface area contributed by atoms with Gasteiger partial charge in [-0.05, 0) is 50.7 Å². The van der Waals surface area contributed by atoms with Gasteiger partial charge in [-0.15, -0.1) is 0 Å². The van der Waals surface area contributed by atoms with E-state index in [0.29, 0.717) is 29.9 Å². The standard InChI is InChI=1S/C21H32N4O2/c1-3-5-16(2)23-19-8-7-18(14-22-19)21(27)24-12-9-17(10-13-24)15-25-11-4-6-20(25)26/h7-8,14,16-17H,3-6,9-13,15H2,1-2H3,(H,22,23)/t16-/m1/s1. The van der Waals surface area contributed by atoms with Crippen LogP contribution in [0.5, 0.6) is 0 Å². The summed E-state index contributed by atoms with van der Waals surface area (Å²) in [7, 11) is 0. The van der Waals surface area contributed by atoms with Crippen LogP contribution in [0.15, 0.2) is 18.3 Å². The van der Waals surface area contributed by atoms with Gasteiger partial charge in [0, 0.05) is 44.8 Å². The van der Waals surface area contributed by atoms with Gasteiger partial charge in [0.05, 0.1) is 5.56 Å². The second-order valence-corrected chi connectivity index (χ2v) is 7.95. The van der Waals surface area contributed by atoms with E-state index in [-0.39, 0.29) is 5.91 Å². The van der Waals surface area contributed by atoms with Crippen molar-refractivity contribution in [3.8, 4) is 0 Å². The molecule has 0 aromatic carbocycles. The monoisotopic (exact) mass is 372 g/mol. The molecule has 1 aromatic rings. The predicted molar refractivity (Wildman–Crippen MR) is 107 cm³/mol. The van der Waals surface area contributed by atoms with Crippen LogP contribution in [-0.4, -0.2) is 58.8 Å². The molecule has 3 heterocycles. The Balaban J connectivity index is 1.48. The van der Waals surface area contributed by atoms with Crippen molar-refractivity contribution in [3.05, 3.63) is 23.9 Å². The van der Waals surface area contributed by atoms with Crippen LogP contribution in [0.2, 0.25) is 0 Å². The van der Waals surface area contributed by atoms with Gasteiger partial charge in [-0.2, -0.15) is 0 Å². The first kappa shape index (κ1) is 19.6. The number of likely N-dealkylation sites (tertiary alicyclic amines) is 2. The summed E-state index contributed by atoms with van der Waals surface area (Å²) in [6.45, 7) is 7.60. The summed E-state index contributed by atoms with van der Waals surface area (Å²) in [6, 6.07) is 4.14. The number of nitrogens with zero attached hydrogens (tertiary/aromatic N) is 3. The molecule has 1 aromatic heterocycles. The van der Waals surface area contributed by atoms with Crippen LogP contribution in [0.1, 0.15) is 62.7 Å². The van der Waals surface area contributed by atoms with E-state index in [1.807, 2.05) is 21.9 Å². The Morgan fingerprint density at radius 3 is 2.67 bits per heavy atom. The first-order chi connectivity index (χ1) is 13.1. The Bertz CT molecular complexity index is 638. The number of rotatable bonds is 7. The van der Waals surface area contributed by atoms with E-state index in [1.54, 1.807) is 6.20 Å². The van der Waals surface area contributed by atoms with Crippen LogP contribution in [0.25, 0.3) is 0 Å². The minimum atomic E-state index is 0.0614. The highest BCUT2D eigenvalue weighted by Gasteiger charge is 2.28. The van der Waals surface area contributed by atoms with Gasteiger partial charge < -0.3 is 15.1 Å². The van der Waals surface area contributed by atoms with Crippen LogP contribution in [-0.2, 0) is 4.79 Å². The Morgan fingerprint density at radius 2 is 2.07 bits per heavy atom. The number of pyridine rings is 1. The summed E-state index contributed by atoms with van der Waals surface area (Å²) in [5.74, 6) is 1.69. The van der Waals surface area contributed by atoms with Crippen LogP contribution in [0.4, 0.5) is 5.82 Å². The van der Waals surface area contributed by atoms with Gasteiger partial charge in [-0.25, -0.2) is 4.98 Å². The average molecular weight is 373 g/mol. The van der Waals surface area contributed by atoms with Crippen LogP contribution in [0, 0.1) is 5.92 Å². The summed E-state index contributed by atoms with van der Waals surface area (Å²) in [5.41, 5.74) is 0.650. The molecule has 0 radical (unpaired) electrons. The lowest BCUT2D eigenvalue weighted by atomic mass is 9.96. The number of carbonyl (C=O) groups excluding carboxylic acids is 2. The number of anilines is 1. The van der Waals surface area contributed by atoms with Crippen LogP contribution < -0.4 is 5.32 Å². The van der Waals surface area contributed by atoms with Crippen LogP contribution >= 0.6 is 0 Å². The number of aromatic nitrogens is 1. The van der Waals surface area contributed by atoms with E-state index in [9.17, 15) is 9.59 Å². The minimum Gasteiger partial charge on any atom is -0.368 e. The van der Waals surface area contributed by atoms with Gasteiger partial charge in [0.15, 0.2) is 0 Å². The highest BCUT2D eigenvalue weighted by molar-refractivity contribution is 5.94. The molecule has 6 heteroatoms.